The van der Waals surface area contributed by atoms with E-state index >= 15 is 0 Å². The summed E-state index contributed by atoms with van der Waals surface area (Å²) in [7, 11) is -1.88. The summed E-state index contributed by atoms with van der Waals surface area (Å²) in [6, 6.07) is 32.9. The Morgan fingerprint density at radius 1 is 0.848 bits per heavy atom. The zero-order valence-electron chi connectivity index (χ0n) is 19.7. The van der Waals surface area contributed by atoms with E-state index in [1.165, 1.54) is 15.9 Å². The summed E-state index contributed by atoms with van der Waals surface area (Å²) in [6.45, 7) is 7.29. The smallest absolute Gasteiger partial charge is 0.410 e. The molecule has 33 heavy (non-hydrogen) atoms. The minimum absolute atomic E-state index is 0. The van der Waals surface area contributed by atoms with Gasteiger partial charge in [0.1, 0.15) is 28.8 Å². The molecule has 0 radical (unpaired) electrons. The first kappa shape index (κ1) is 25.7. The molecule has 5 heteroatoms. The van der Waals surface area contributed by atoms with E-state index in [4.69, 9.17) is 4.74 Å². The number of amides is 1. The van der Waals surface area contributed by atoms with Crippen LogP contribution in [0.25, 0.3) is 0 Å². The molecule has 1 atom stereocenters. The summed E-state index contributed by atoms with van der Waals surface area (Å²) in [4.78, 5) is 14.6. The van der Waals surface area contributed by atoms with Gasteiger partial charge in [-0.15, -0.1) is 0 Å². The van der Waals surface area contributed by atoms with Crippen LogP contribution in [0, 0.1) is 5.92 Å². The van der Waals surface area contributed by atoms with Crippen molar-refractivity contribution >= 4 is 29.3 Å². The number of benzene rings is 3. The molecular weight excluding hydrogens is 540 g/mol. The van der Waals surface area contributed by atoms with Crippen LogP contribution in [0.5, 0.6) is 0 Å². The van der Waals surface area contributed by atoms with Gasteiger partial charge in [0.2, 0.25) is 0 Å². The molecule has 0 bridgehead atoms. The van der Waals surface area contributed by atoms with E-state index < -0.39 is 12.9 Å². The fraction of sp³-hybridized carbons (Fsp3) is 0.321. The van der Waals surface area contributed by atoms with Crippen molar-refractivity contribution in [2.75, 3.05) is 19.3 Å². The van der Waals surface area contributed by atoms with Gasteiger partial charge in [0.25, 0.3) is 0 Å². The lowest BCUT2D eigenvalue weighted by molar-refractivity contribution is -0.0000426. The second-order valence-corrected chi connectivity index (χ2v) is 13.1. The van der Waals surface area contributed by atoms with Crippen LogP contribution in [0.1, 0.15) is 27.2 Å². The van der Waals surface area contributed by atoms with Gasteiger partial charge < -0.3 is 33.6 Å². The molecule has 3 nitrogen and oxygen atoms in total. The lowest BCUT2D eigenvalue weighted by Gasteiger charge is -2.30. The Balaban J connectivity index is 0.00000306. The molecule has 174 valence electrons. The third-order valence-corrected chi connectivity index (χ3v) is 10.7. The van der Waals surface area contributed by atoms with Crippen molar-refractivity contribution in [1.29, 1.82) is 0 Å². The van der Waals surface area contributed by atoms with Gasteiger partial charge in [0, 0.05) is 19.0 Å². The molecule has 1 heterocycles. The molecule has 4 rings (SSSR count). The molecule has 0 N–H and O–H groups in total. The fourth-order valence-corrected chi connectivity index (χ4v) is 9.31. The standard InChI is InChI=1S/C28H33NO2P.HI/c1-28(2,3)31-27(30)29-20-19-23(21-29)22-32(24-13-7-4-8-14-24,25-15-9-5-10-16-25)26-17-11-6-12-18-26;/h4-18,23H,19-22H2,1-3H3;1H/q+1;/p-1/t23-;/m1./s1. The number of likely N-dealkylation sites (tertiary alicyclic amines) is 1. The van der Waals surface area contributed by atoms with Crippen molar-refractivity contribution in [3.63, 3.8) is 0 Å². The maximum Gasteiger partial charge on any atom is 0.410 e. The Morgan fingerprint density at radius 2 is 1.27 bits per heavy atom. The van der Waals surface area contributed by atoms with Gasteiger partial charge >= 0.3 is 6.09 Å². The zero-order chi connectivity index (χ0) is 22.6. The molecule has 1 fully saturated rings. The monoisotopic (exact) mass is 573 g/mol. The third kappa shape index (κ3) is 5.96. The fourth-order valence-electron chi connectivity index (χ4n) is 4.67. The van der Waals surface area contributed by atoms with Crippen LogP contribution in [0.3, 0.4) is 0 Å². The van der Waals surface area contributed by atoms with Gasteiger partial charge in [-0.05, 0) is 63.6 Å². The van der Waals surface area contributed by atoms with Crippen LogP contribution < -0.4 is 39.9 Å². The van der Waals surface area contributed by atoms with Crippen molar-refractivity contribution in [1.82, 2.24) is 4.90 Å². The number of carbonyl (C=O) groups is 1. The minimum Gasteiger partial charge on any atom is -1.00 e. The summed E-state index contributed by atoms with van der Waals surface area (Å²) in [5.41, 5.74) is -0.468. The molecule has 0 unspecified atom stereocenters. The summed E-state index contributed by atoms with van der Waals surface area (Å²) in [5, 5.41) is 4.19. The van der Waals surface area contributed by atoms with Gasteiger partial charge in [-0.1, -0.05) is 54.6 Å². The topological polar surface area (TPSA) is 29.5 Å². The molecule has 3 aromatic carbocycles. The van der Waals surface area contributed by atoms with Crippen molar-refractivity contribution in [2.24, 2.45) is 5.92 Å². The Bertz CT molecular complexity index is 925. The van der Waals surface area contributed by atoms with Gasteiger partial charge in [-0.3, -0.25) is 0 Å². The van der Waals surface area contributed by atoms with Crippen LogP contribution in [-0.4, -0.2) is 35.8 Å². The Kier molecular flexibility index (Phi) is 8.58. The van der Waals surface area contributed by atoms with Crippen LogP contribution in [0.4, 0.5) is 4.79 Å². The highest BCUT2D eigenvalue weighted by Gasteiger charge is 2.48. The Hall–Kier alpha value is -1.91. The van der Waals surface area contributed by atoms with Crippen molar-refractivity contribution < 1.29 is 33.5 Å². The molecule has 3 aromatic rings. The SMILES string of the molecule is CC(C)(C)OC(=O)N1CC[C@@H](C[P+](c2ccccc2)(c2ccccc2)c2ccccc2)C1.[I-]. The summed E-state index contributed by atoms with van der Waals surface area (Å²) in [5.74, 6) is 0.427. The van der Waals surface area contributed by atoms with E-state index in [0.29, 0.717) is 5.92 Å². The highest BCUT2D eigenvalue weighted by Crippen LogP contribution is 2.57. The zero-order valence-corrected chi connectivity index (χ0v) is 22.7. The predicted octanol–water partition coefficient (Wildman–Crippen LogP) is 2.24. The highest BCUT2D eigenvalue weighted by molar-refractivity contribution is 7.95. The van der Waals surface area contributed by atoms with E-state index in [9.17, 15) is 4.79 Å². The number of rotatable bonds is 5. The first-order valence-corrected chi connectivity index (χ1v) is 13.4. The first-order valence-electron chi connectivity index (χ1n) is 11.4. The normalized spacial score (nSPS) is 16.2. The third-order valence-electron chi connectivity index (χ3n) is 6.06. The molecule has 0 aromatic heterocycles. The molecule has 1 saturated heterocycles. The summed E-state index contributed by atoms with van der Waals surface area (Å²) < 4.78 is 5.65. The summed E-state index contributed by atoms with van der Waals surface area (Å²) in [6.07, 6.45) is 1.86. The van der Waals surface area contributed by atoms with Crippen molar-refractivity contribution in [3.05, 3.63) is 91.0 Å². The van der Waals surface area contributed by atoms with Gasteiger partial charge in [0.05, 0.1) is 6.16 Å². The van der Waals surface area contributed by atoms with Crippen LogP contribution >= 0.6 is 7.26 Å². The van der Waals surface area contributed by atoms with Gasteiger partial charge in [0.15, 0.2) is 0 Å². The largest absolute Gasteiger partial charge is 1.00 e. The van der Waals surface area contributed by atoms with Gasteiger partial charge in [-0.25, -0.2) is 4.79 Å². The average Bonchev–Trinajstić information content (AvgIpc) is 3.27. The second-order valence-electron chi connectivity index (χ2n) is 9.58. The molecule has 0 aliphatic carbocycles. The van der Waals surface area contributed by atoms with Crippen molar-refractivity contribution in [2.45, 2.75) is 32.8 Å². The number of hydrogen-bond acceptors (Lipinski definition) is 2. The lowest BCUT2D eigenvalue weighted by Crippen LogP contribution is -3.00. The Morgan fingerprint density at radius 3 is 1.67 bits per heavy atom. The maximum atomic E-state index is 12.7. The number of carbonyl (C=O) groups excluding carboxylic acids is 1. The van der Waals surface area contributed by atoms with Gasteiger partial charge in [-0.2, -0.15) is 0 Å². The van der Waals surface area contributed by atoms with Crippen LogP contribution in [-0.2, 0) is 4.74 Å². The first-order chi connectivity index (χ1) is 15.4. The Labute approximate surface area is 215 Å². The number of halogens is 1. The molecule has 0 spiro atoms. The number of ether oxygens (including phenoxy) is 1. The van der Waals surface area contributed by atoms with Crippen molar-refractivity contribution in [3.8, 4) is 0 Å². The number of hydrogen-bond donors (Lipinski definition) is 0. The van der Waals surface area contributed by atoms with Crippen LogP contribution in [0.15, 0.2) is 91.0 Å². The number of nitrogens with zero attached hydrogens (tertiary/aromatic N) is 1. The van der Waals surface area contributed by atoms with E-state index in [-0.39, 0.29) is 30.1 Å². The molecule has 1 amide bonds. The predicted molar refractivity (Wildman–Crippen MR) is 136 cm³/mol. The van der Waals surface area contributed by atoms with Crippen LogP contribution in [0.2, 0.25) is 0 Å². The molecule has 1 aliphatic heterocycles. The summed E-state index contributed by atoms with van der Waals surface area (Å²) >= 11 is 0. The maximum absolute atomic E-state index is 12.7. The second kappa shape index (κ2) is 11.0. The highest BCUT2D eigenvalue weighted by atomic mass is 127. The molecule has 0 saturated carbocycles. The van der Waals surface area contributed by atoms with E-state index in [1.807, 2.05) is 25.7 Å². The van der Waals surface area contributed by atoms with E-state index in [1.54, 1.807) is 0 Å². The lowest BCUT2D eigenvalue weighted by atomic mass is 10.2. The van der Waals surface area contributed by atoms with E-state index in [2.05, 4.69) is 91.0 Å². The van der Waals surface area contributed by atoms with E-state index in [0.717, 1.165) is 25.7 Å². The average molecular weight is 573 g/mol. The quantitative estimate of drug-likeness (QED) is 0.347. The molecule has 1 aliphatic rings. The molecular formula is C28H33INO2P. The minimum atomic E-state index is -1.88.